The van der Waals surface area contributed by atoms with Crippen molar-refractivity contribution in [2.45, 2.75) is 31.3 Å². The molecule has 3 heterocycles. The van der Waals surface area contributed by atoms with Crippen LogP contribution in [-0.4, -0.2) is 51.5 Å². The molecule has 4 aromatic rings. The number of nitrogens with zero attached hydrogens (tertiary/aromatic N) is 5. The summed E-state index contributed by atoms with van der Waals surface area (Å²) in [6.07, 6.45) is 7.01. The topological polar surface area (TPSA) is 115 Å². The van der Waals surface area contributed by atoms with Crippen molar-refractivity contribution in [3.8, 4) is 5.69 Å². The maximum atomic E-state index is 11.5. The lowest BCUT2D eigenvalue weighted by Crippen LogP contribution is -2.33. The van der Waals surface area contributed by atoms with Crippen LogP contribution in [0.3, 0.4) is 0 Å². The van der Waals surface area contributed by atoms with Gasteiger partial charge in [-0.1, -0.05) is 6.07 Å². The van der Waals surface area contributed by atoms with Crippen molar-refractivity contribution in [3.05, 3.63) is 47.3 Å². The summed E-state index contributed by atoms with van der Waals surface area (Å²) in [4.78, 5) is 13.5. The summed E-state index contributed by atoms with van der Waals surface area (Å²) in [5.41, 5.74) is 2.47. The van der Waals surface area contributed by atoms with E-state index in [1.807, 2.05) is 30.3 Å². The van der Waals surface area contributed by atoms with E-state index in [1.54, 1.807) is 17.1 Å². The standard InChI is InChI=1S/C20H20BrN7O2S/c1-31(29,30)27-14-5-4-13(10-14)24-20-23-11-16-18(21)26-28(19(16)25-20)15-6-7-17-12(9-15)3-2-8-22-17/h2-3,6-9,11,13-14,27H,4-5,10H2,1H3,(H,23,24,25)/t13-,14-/m0/s1. The molecule has 5 rings (SSSR count). The van der Waals surface area contributed by atoms with E-state index >= 15 is 0 Å². The smallest absolute Gasteiger partial charge is 0.224 e. The van der Waals surface area contributed by atoms with Crippen molar-refractivity contribution in [1.29, 1.82) is 0 Å². The fourth-order valence-electron chi connectivity index (χ4n) is 4.02. The van der Waals surface area contributed by atoms with Crippen LogP contribution in [0, 0.1) is 0 Å². The third-order valence-electron chi connectivity index (χ3n) is 5.36. The Kier molecular flexibility index (Phi) is 5.11. The summed E-state index contributed by atoms with van der Waals surface area (Å²) in [6.45, 7) is 0. The Morgan fingerprint density at radius 3 is 2.84 bits per heavy atom. The van der Waals surface area contributed by atoms with Gasteiger partial charge in [0.15, 0.2) is 5.65 Å². The largest absolute Gasteiger partial charge is 0.351 e. The Labute approximate surface area is 187 Å². The molecule has 1 saturated carbocycles. The molecule has 31 heavy (non-hydrogen) atoms. The second kappa shape index (κ2) is 7.81. The second-order valence-corrected chi connectivity index (χ2v) is 10.3. The number of pyridine rings is 1. The van der Waals surface area contributed by atoms with Crippen LogP contribution in [0.25, 0.3) is 27.6 Å². The van der Waals surface area contributed by atoms with Gasteiger partial charge in [-0.05, 0) is 59.5 Å². The van der Waals surface area contributed by atoms with E-state index in [1.165, 1.54) is 6.26 Å². The van der Waals surface area contributed by atoms with Gasteiger partial charge in [-0.2, -0.15) is 10.1 Å². The lowest BCUT2D eigenvalue weighted by molar-refractivity contribution is 0.556. The lowest BCUT2D eigenvalue weighted by atomic mass is 10.2. The SMILES string of the molecule is CS(=O)(=O)N[C@H]1CC[C@H](Nc2ncc3c(Br)nn(-c4ccc5ncccc5c4)c3n2)C1. The summed E-state index contributed by atoms with van der Waals surface area (Å²) >= 11 is 3.50. The molecular formula is C20H20BrN7O2S. The molecule has 0 amide bonds. The molecular weight excluding hydrogens is 482 g/mol. The first-order valence-electron chi connectivity index (χ1n) is 9.86. The zero-order chi connectivity index (χ0) is 21.6. The fraction of sp³-hybridized carbons (Fsp3) is 0.300. The van der Waals surface area contributed by atoms with Gasteiger partial charge in [0.25, 0.3) is 0 Å². The molecule has 0 aliphatic heterocycles. The average Bonchev–Trinajstić information content (AvgIpc) is 3.30. The number of anilines is 1. The number of hydrogen-bond acceptors (Lipinski definition) is 7. The normalized spacial score (nSPS) is 19.3. The summed E-state index contributed by atoms with van der Waals surface area (Å²) in [5, 5.41) is 9.76. The van der Waals surface area contributed by atoms with Gasteiger partial charge in [-0.3, -0.25) is 4.98 Å². The summed E-state index contributed by atoms with van der Waals surface area (Å²) < 4.78 is 28.1. The van der Waals surface area contributed by atoms with Crippen LogP contribution >= 0.6 is 15.9 Å². The number of sulfonamides is 1. The van der Waals surface area contributed by atoms with Gasteiger partial charge in [0.1, 0.15) is 4.60 Å². The first kappa shape index (κ1) is 20.3. The van der Waals surface area contributed by atoms with Crippen LogP contribution in [0.2, 0.25) is 0 Å². The minimum absolute atomic E-state index is 0.0675. The maximum Gasteiger partial charge on any atom is 0.224 e. The first-order valence-corrected chi connectivity index (χ1v) is 12.5. The highest BCUT2D eigenvalue weighted by Gasteiger charge is 2.27. The molecule has 9 nitrogen and oxygen atoms in total. The van der Waals surface area contributed by atoms with Crippen LogP contribution in [-0.2, 0) is 10.0 Å². The maximum absolute atomic E-state index is 11.5. The lowest BCUT2D eigenvalue weighted by Gasteiger charge is -2.14. The molecule has 0 bridgehead atoms. The Morgan fingerprint density at radius 2 is 2.00 bits per heavy atom. The Bertz CT molecular complexity index is 1390. The molecule has 1 aliphatic carbocycles. The zero-order valence-corrected chi connectivity index (χ0v) is 19.1. The quantitative estimate of drug-likeness (QED) is 0.431. The first-order chi connectivity index (χ1) is 14.9. The fourth-order valence-corrected chi connectivity index (χ4v) is 5.28. The molecule has 1 aliphatic rings. The highest BCUT2D eigenvalue weighted by molar-refractivity contribution is 9.10. The van der Waals surface area contributed by atoms with Gasteiger partial charge in [0, 0.05) is 29.9 Å². The number of hydrogen-bond donors (Lipinski definition) is 2. The third-order valence-corrected chi connectivity index (χ3v) is 6.70. The van der Waals surface area contributed by atoms with E-state index in [0.717, 1.165) is 34.8 Å². The molecule has 11 heteroatoms. The van der Waals surface area contributed by atoms with E-state index in [9.17, 15) is 8.42 Å². The van der Waals surface area contributed by atoms with Crippen LogP contribution < -0.4 is 10.0 Å². The van der Waals surface area contributed by atoms with E-state index < -0.39 is 10.0 Å². The molecule has 1 fully saturated rings. The van der Waals surface area contributed by atoms with Gasteiger partial charge in [0.2, 0.25) is 16.0 Å². The van der Waals surface area contributed by atoms with E-state index in [2.05, 4.69) is 41.0 Å². The van der Waals surface area contributed by atoms with E-state index in [0.29, 0.717) is 22.6 Å². The van der Waals surface area contributed by atoms with E-state index in [4.69, 9.17) is 4.98 Å². The minimum Gasteiger partial charge on any atom is -0.351 e. The van der Waals surface area contributed by atoms with Crippen molar-refractivity contribution in [2.24, 2.45) is 0 Å². The third kappa shape index (κ3) is 4.25. The minimum atomic E-state index is -3.21. The molecule has 0 spiro atoms. The molecule has 2 atom stereocenters. The van der Waals surface area contributed by atoms with E-state index in [-0.39, 0.29) is 12.1 Å². The molecule has 0 radical (unpaired) electrons. The number of aromatic nitrogens is 5. The Balaban J connectivity index is 1.44. The molecule has 2 N–H and O–H groups in total. The van der Waals surface area contributed by atoms with Crippen LogP contribution in [0.1, 0.15) is 19.3 Å². The molecule has 1 aromatic carbocycles. The molecule has 0 saturated heterocycles. The molecule has 160 valence electrons. The highest BCUT2D eigenvalue weighted by Crippen LogP contribution is 2.27. The number of fused-ring (bicyclic) bond motifs is 2. The summed E-state index contributed by atoms with van der Waals surface area (Å²) in [5.74, 6) is 0.494. The predicted octanol–water partition coefficient (Wildman–Crippen LogP) is 3.01. The van der Waals surface area contributed by atoms with Gasteiger partial charge < -0.3 is 5.32 Å². The second-order valence-electron chi connectivity index (χ2n) is 7.76. The monoisotopic (exact) mass is 501 g/mol. The van der Waals surface area contributed by atoms with Gasteiger partial charge in [0.05, 0.1) is 22.8 Å². The van der Waals surface area contributed by atoms with Crippen molar-refractivity contribution >= 4 is 53.8 Å². The average molecular weight is 502 g/mol. The van der Waals surface area contributed by atoms with Crippen LogP contribution in [0.15, 0.2) is 47.3 Å². The van der Waals surface area contributed by atoms with Crippen molar-refractivity contribution < 1.29 is 8.42 Å². The summed E-state index contributed by atoms with van der Waals surface area (Å²) in [6, 6.07) is 9.89. The highest BCUT2D eigenvalue weighted by atomic mass is 79.9. The van der Waals surface area contributed by atoms with Crippen LogP contribution in [0.4, 0.5) is 5.95 Å². The number of rotatable bonds is 5. The zero-order valence-electron chi connectivity index (χ0n) is 16.7. The molecule has 0 unspecified atom stereocenters. The molecule has 3 aromatic heterocycles. The number of halogens is 1. The predicted molar refractivity (Wildman–Crippen MR) is 123 cm³/mol. The van der Waals surface area contributed by atoms with Crippen molar-refractivity contribution in [3.63, 3.8) is 0 Å². The van der Waals surface area contributed by atoms with Crippen LogP contribution in [0.5, 0.6) is 0 Å². The van der Waals surface area contributed by atoms with Crippen molar-refractivity contribution in [2.75, 3.05) is 11.6 Å². The number of benzene rings is 1. The summed E-state index contributed by atoms with van der Waals surface area (Å²) in [7, 11) is -3.21. The number of nitrogens with one attached hydrogen (secondary N) is 2. The van der Waals surface area contributed by atoms with Crippen molar-refractivity contribution in [1.82, 2.24) is 29.5 Å². The van der Waals surface area contributed by atoms with Gasteiger partial charge >= 0.3 is 0 Å². The van der Waals surface area contributed by atoms with Gasteiger partial charge in [-0.25, -0.2) is 22.8 Å². The Hall–Kier alpha value is -2.63. The Morgan fingerprint density at radius 1 is 1.16 bits per heavy atom. The van der Waals surface area contributed by atoms with Gasteiger partial charge in [-0.15, -0.1) is 0 Å².